The van der Waals surface area contributed by atoms with E-state index in [9.17, 15) is 0 Å². The second-order valence-corrected chi connectivity index (χ2v) is 13.3. The molecule has 0 atom stereocenters. The fraction of sp³-hybridized carbons (Fsp3) is 0.0976. The van der Waals surface area contributed by atoms with Gasteiger partial charge in [0, 0.05) is 53.2 Å². The Bertz CT molecular complexity index is 2330. The summed E-state index contributed by atoms with van der Waals surface area (Å²) in [6.07, 6.45) is 0. The van der Waals surface area contributed by atoms with Crippen LogP contribution in [0.5, 0.6) is 0 Å². The van der Waals surface area contributed by atoms with Gasteiger partial charge in [-0.1, -0.05) is 141 Å². The minimum atomic E-state index is -0.0479. The van der Waals surface area contributed by atoms with Crippen molar-refractivity contribution in [2.75, 3.05) is 0 Å². The number of pyridine rings is 1. The fourth-order valence-corrected chi connectivity index (χ4v) is 9.04. The summed E-state index contributed by atoms with van der Waals surface area (Å²) in [5.41, 5.74) is 10.3. The molecule has 2 aromatic heterocycles. The van der Waals surface area contributed by atoms with Crippen LogP contribution < -0.4 is 0 Å². The smallest absolute Gasteiger partial charge is 0.0788 e. The van der Waals surface area contributed by atoms with Gasteiger partial charge < -0.3 is 0 Å². The number of hydrogen-bond donors (Lipinski definition) is 0. The van der Waals surface area contributed by atoms with Crippen molar-refractivity contribution < 1.29 is 0 Å². The van der Waals surface area contributed by atoms with Gasteiger partial charge in [-0.25, -0.2) is 4.98 Å². The molecule has 43 heavy (non-hydrogen) atoms. The van der Waals surface area contributed by atoms with Gasteiger partial charge in [-0.2, -0.15) is 0 Å². The summed E-state index contributed by atoms with van der Waals surface area (Å²) in [5, 5.41) is 6.38. The summed E-state index contributed by atoms with van der Waals surface area (Å²) in [6, 6.07) is 49.0. The molecule has 0 fully saturated rings. The molecule has 0 saturated carbocycles. The third-order valence-corrected chi connectivity index (χ3v) is 10.9. The van der Waals surface area contributed by atoms with E-state index in [0.717, 1.165) is 16.8 Å². The summed E-state index contributed by atoms with van der Waals surface area (Å²) in [7, 11) is 0. The van der Waals surface area contributed by atoms with Crippen molar-refractivity contribution in [3.05, 3.63) is 161 Å². The molecular weight excluding hydrogens is 539 g/mol. The number of nitrogens with zero attached hydrogens (tertiary/aromatic N) is 1. The second kappa shape index (κ2) is 9.10. The van der Waals surface area contributed by atoms with Gasteiger partial charge in [0.25, 0.3) is 0 Å². The Morgan fingerprint density at radius 2 is 1.09 bits per heavy atom. The van der Waals surface area contributed by atoms with Crippen molar-refractivity contribution in [3.63, 3.8) is 0 Å². The van der Waals surface area contributed by atoms with Crippen molar-refractivity contribution >= 4 is 53.2 Å². The Morgan fingerprint density at radius 1 is 0.512 bits per heavy atom. The molecule has 9 rings (SSSR count). The largest absolute Gasteiger partial charge is 0.247 e. The van der Waals surface area contributed by atoms with E-state index in [2.05, 4.69) is 147 Å². The Hall–Kier alpha value is -4.79. The van der Waals surface area contributed by atoms with E-state index in [-0.39, 0.29) is 11.3 Å². The molecule has 204 valence electrons. The van der Waals surface area contributed by atoms with Gasteiger partial charge in [0.1, 0.15) is 0 Å². The maximum Gasteiger partial charge on any atom is 0.0788 e. The maximum atomic E-state index is 5.19. The average molecular weight is 568 g/mol. The lowest BCUT2D eigenvalue weighted by atomic mass is 9.64. The van der Waals surface area contributed by atoms with Gasteiger partial charge in [0.05, 0.1) is 11.2 Å². The normalized spacial score (nSPS) is 14.4. The number of rotatable bonds is 2. The third-order valence-electron chi connectivity index (χ3n) is 9.61. The molecule has 0 unspecified atom stereocenters. The van der Waals surface area contributed by atoms with Crippen LogP contribution in [0.4, 0.5) is 0 Å². The zero-order valence-corrected chi connectivity index (χ0v) is 25.0. The highest BCUT2D eigenvalue weighted by molar-refractivity contribution is 7.27. The van der Waals surface area contributed by atoms with E-state index >= 15 is 0 Å². The van der Waals surface area contributed by atoms with Crippen LogP contribution in [0.1, 0.15) is 47.6 Å². The van der Waals surface area contributed by atoms with Crippen molar-refractivity contribution in [1.29, 1.82) is 0 Å². The molecule has 1 aliphatic carbocycles. The summed E-state index contributed by atoms with van der Waals surface area (Å²) < 4.78 is 2.72. The van der Waals surface area contributed by atoms with Crippen LogP contribution in [-0.4, -0.2) is 4.98 Å². The lowest BCUT2D eigenvalue weighted by molar-refractivity contribution is 0.598. The molecule has 0 amide bonds. The molecular formula is C41H29NS. The molecule has 2 heterocycles. The predicted octanol–water partition coefficient (Wildman–Crippen LogP) is 11.2. The Balaban J connectivity index is 1.39. The molecule has 0 bridgehead atoms. The molecule has 0 saturated heterocycles. The molecule has 6 aromatic carbocycles. The topological polar surface area (TPSA) is 12.9 Å². The van der Waals surface area contributed by atoms with Crippen LogP contribution in [0.15, 0.2) is 133 Å². The zero-order chi connectivity index (χ0) is 28.7. The van der Waals surface area contributed by atoms with Crippen molar-refractivity contribution in [2.24, 2.45) is 0 Å². The number of aromatic nitrogens is 1. The van der Waals surface area contributed by atoms with Crippen LogP contribution in [0.25, 0.3) is 53.1 Å². The molecule has 8 aromatic rings. The lowest BCUT2D eigenvalue weighted by Gasteiger charge is -2.39. The van der Waals surface area contributed by atoms with E-state index in [1.807, 2.05) is 11.3 Å². The quantitative estimate of drug-likeness (QED) is 0.189. The summed E-state index contributed by atoms with van der Waals surface area (Å²) in [5.74, 6) is 0.182. The van der Waals surface area contributed by atoms with Gasteiger partial charge in [-0.15, -0.1) is 11.3 Å². The minimum absolute atomic E-state index is 0.0479. The fourth-order valence-electron chi connectivity index (χ4n) is 7.64. The van der Waals surface area contributed by atoms with Gasteiger partial charge in [-0.05, 0) is 33.9 Å². The standard InChI is InChI=1S/C41H29NS/c1-41(2)33-20-9-6-15-28(33)36(29-16-7-10-21-34(29)41)32-19-12-18-26-27-23-24-31-37(40(27)43-39(26)32)30-17-8-11-22-35(30)42-38(31)25-13-4-3-5-14-25/h3-24,36H,1-2H3. The van der Waals surface area contributed by atoms with Crippen LogP contribution in [0, 0.1) is 0 Å². The van der Waals surface area contributed by atoms with Crippen LogP contribution in [0.3, 0.4) is 0 Å². The molecule has 0 N–H and O–H groups in total. The maximum absolute atomic E-state index is 5.19. The minimum Gasteiger partial charge on any atom is -0.247 e. The van der Waals surface area contributed by atoms with E-state index in [0.29, 0.717) is 0 Å². The summed E-state index contributed by atoms with van der Waals surface area (Å²) in [4.78, 5) is 5.19. The number of benzene rings is 6. The summed E-state index contributed by atoms with van der Waals surface area (Å²) in [6.45, 7) is 4.74. The first kappa shape index (κ1) is 24.8. The highest BCUT2D eigenvalue weighted by Gasteiger charge is 2.38. The Morgan fingerprint density at radius 3 is 1.86 bits per heavy atom. The molecule has 0 spiro atoms. The van der Waals surface area contributed by atoms with Gasteiger partial charge in [0.2, 0.25) is 0 Å². The first-order valence-corrected chi connectivity index (χ1v) is 15.8. The first-order chi connectivity index (χ1) is 21.1. The molecule has 1 aliphatic rings. The second-order valence-electron chi connectivity index (χ2n) is 12.3. The van der Waals surface area contributed by atoms with Crippen LogP contribution >= 0.6 is 11.3 Å². The number of fused-ring (bicyclic) bond motifs is 9. The molecule has 0 radical (unpaired) electrons. The third kappa shape index (κ3) is 3.48. The number of hydrogen-bond acceptors (Lipinski definition) is 2. The van der Waals surface area contributed by atoms with E-state index in [4.69, 9.17) is 4.98 Å². The van der Waals surface area contributed by atoms with Crippen molar-refractivity contribution in [3.8, 4) is 11.3 Å². The van der Waals surface area contributed by atoms with Gasteiger partial charge >= 0.3 is 0 Å². The average Bonchev–Trinajstić information content (AvgIpc) is 3.45. The van der Waals surface area contributed by atoms with E-state index in [1.165, 1.54) is 64.1 Å². The Labute approximate surface area is 255 Å². The number of thiophene rings is 1. The first-order valence-electron chi connectivity index (χ1n) is 15.0. The predicted molar refractivity (Wildman–Crippen MR) is 184 cm³/mol. The highest BCUT2D eigenvalue weighted by Crippen LogP contribution is 2.52. The SMILES string of the molecule is CC1(C)c2ccccc2C(c2cccc3c2sc2c3ccc3c(-c4ccccc4)nc4ccccc4c32)c2ccccc21. The number of para-hydroxylation sites is 1. The Kier molecular flexibility index (Phi) is 5.24. The molecule has 0 aliphatic heterocycles. The van der Waals surface area contributed by atoms with Crippen molar-refractivity contribution in [2.45, 2.75) is 25.2 Å². The van der Waals surface area contributed by atoms with Crippen LogP contribution in [0.2, 0.25) is 0 Å². The molecule has 1 nitrogen and oxygen atoms in total. The monoisotopic (exact) mass is 567 g/mol. The van der Waals surface area contributed by atoms with Gasteiger partial charge in [-0.3, -0.25) is 0 Å². The highest BCUT2D eigenvalue weighted by atomic mass is 32.1. The van der Waals surface area contributed by atoms with Crippen molar-refractivity contribution in [1.82, 2.24) is 4.98 Å². The van der Waals surface area contributed by atoms with E-state index in [1.54, 1.807) is 0 Å². The summed E-state index contributed by atoms with van der Waals surface area (Å²) >= 11 is 1.95. The van der Waals surface area contributed by atoms with E-state index < -0.39 is 0 Å². The zero-order valence-electron chi connectivity index (χ0n) is 24.1. The van der Waals surface area contributed by atoms with Gasteiger partial charge in [0.15, 0.2) is 0 Å². The molecule has 2 heteroatoms. The van der Waals surface area contributed by atoms with Crippen LogP contribution in [-0.2, 0) is 5.41 Å². The lowest BCUT2D eigenvalue weighted by Crippen LogP contribution is -2.29.